The molecule has 10 N–H and O–H groups in total. The van der Waals surface area contributed by atoms with Gasteiger partial charge in [0.25, 0.3) is 0 Å². The lowest BCUT2D eigenvalue weighted by Gasteiger charge is -2.25. The largest absolute Gasteiger partial charge is 0.480 e. The number of hydrogen-bond donors (Lipinski definition) is 8. The summed E-state index contributed by atoms with van der Waals surface area (Å²) in [5.74, 6) is -3.63. The number of amides is 4. The zero-order valence-electron chi connectivity index (χ0n) is 22.4. The zero-order chi connectivity index (χ0) is 29.1. The number of H-pyrrole nitrogens is 1. The number of nitrogens with one attached hydrogen (secondary N) is 5. The lowest BCUT2D eigenvalue weighted by molar-refractivity contribution is -0.142. The molecule has 1 aromatic heterocycles. The molecular formula is C27H39N7O6. The van der Waals surface area contributed by atoms with Gasteiger partial charge < -0.3 is 42.8 Å². The minimum Gasteiger partial charge on any atom is -0.480 e. The van der Waals surface area contributed by atoms with Crippen LogP contribution in [-0.4, -0.2) is 76.9 Å². The van der Waals surface area contributed by atoms with Crippen LogP contribution in [0.5, 0.6) is 0 Å². The number of carbonyl (C=O) groups is 5. The second-order valence-electron chi connectivity index (χ2n) is 10.0. The Morgan fingerprint density at radius 3 is 2.33 bits per heavy atom. The number of carboxylic acid groups (broad SMARTS) is 1. The van der Waals surface area contributed by atoms with Crippen LogP contribution in [0.3, 0.4) is 0 Å². The van der Waals surface area contributed by atoms with Crippen LogP contribution in [0.2, 0.25) is 0 Å². The first kappa shape index (κ1) is 30.6. The highest BCUT2D eigenvalue weighted by Crippen LogP contribution is 2.19. The molecular weight excluding hydrogens is 518 g/mol. The van der Waals surface area contributed by atoms with Gasteiger partial charge in [0, 0.05) is 29.9 Å². The van der Waals surface area contributed by atoms with Gasteiger partial charge in [-0.2, -0.15) is 0 Å². The molecule has 0 saturated carbocycles. The number of carbonyl (C=O) groups excluding carboxylic acids is 4. The number of benzene rings is 1. The van der Waals surface area contributed by atoms with Gasteiger partial charge in [-0.05, 0) is 63.2 Å². The molecule has 4 unspecified atom stereocenters. The Kier molecular flexibility index (Phi) is 11.5. The van der Waals surface area contributed by atoms with Crippen LogP contribution in [0.15, 0.2) is 30.5 Å². The van der Waals surface area contributed by atoms with E-state index in [0.29, 0.717) is 44.3 Å². The molecule has 0 spiro atoms. The number of unbranched alkanes of at least 4 members (excludes halogenated alkanes) is 1. The number of para-hydroxylation sites is 1. The number of primary amides is 1. The van der Waals surface area contributed by atoms with E-state index in [2.05, 4.69) is 26.3 Å². The molecule has 3 rings (SSSR count). The van der Waals surface area contributed by atoms with Crippen molar-refractivity contribution in [1.82, 2.24) is 26.3 Å². The third-order valence-electron chi connectivity index (χ3n) is 6.98. The standard InChI is InChI=1S/C27H39N7O6/c28-12-4-3-8-20(32-24(36)19-9-5-13-30-19)25(37)33-21(10-11-23(29)35)26(38)34-22(27(39)40)14-16-15-31-18-7-2-1-6-17(16)18/h1-2,6-7,15,19-22,30-31H,3-5,8-14,28H2,(H2,29,35)(H,32,36)(H,33,37)(H,34,38)(H,39,40). The first-order chi connectivity index (χ1) is 19.2. The second kappa shape index (κ2) is 15.0. The van der Waals surface area contributed by atoms with Gasteiger partial charge >= 0.3 is 5.97 Å². The molecule has 0 radical (unpaired) electrons. The maximum absolute atomic E-state index is 13.3. The highest BCUT2D eigenvalue weighted by molar-refractivity contribution is 5.94. The summed E-state index contributed by atoms with van der Waals surface area (Å²) in [5, 5.41) is 21.6. The van der Waals surface area contributed by atoms with E-state index in [4.69, 9.17) is 11.5 Å². The fourth-order valence-electron chi connectivity index (χ4n) is 4.76. The molecule has 1 fully saturated rings. The number of carboxylic acids is 1. The number of aromatic nitrogens is 1. The zero-order valence-corrected chi connectivity index (χ0v) is 22.4. The number of aromatic amines is 1. The third kappa shape index (κ3) is 8.78. The molecule has 40 heavy (non-hydrogen) atoms. The van der Waals surface area contributed by atoms with Crippen LogP contribution < -0.4 is 32.7 Å². The van der Waals surface area contributed by atoms with Gasteiger partial charge in [0.05, 0.1) is 6.04 Å². The Morgan fingerprint density at radius 1 is 0.975 bits per heavy atom. The minimum absolute atomic E-state index is 0.00622. The summed E-state index contributed by atoms with van der Waals surface area (Å²) in [7, 11) is 0. The second-order valence-corrected chi connectivity index (χ2v) is 10.0. The molecule has 4 atom stereocenters. The van der Waals surface area contributed by atoms with E-state index in [1.807, 2.05) is 24.3 Å². The molecule has 1 saturated heterocycles. The van der Waals surface area contributed by atoms with Gasteiger partial charge in [0.1, 0.15) is 18.1 Å². The van der Waals surface area contributed by atoms with E-state index in [1.165, 1.54) is 0 Å². The maximum atomic E-state index is 13.3. The quantitative estimate of drug-likeness (QED) is 0.124. The van der Waals surface area contributed by atoms with Gasteiger partial charge in [-0.15, -0.1) is 0 Å². The molecule has 1 aromatic carbocycles. The van der Waals surface area contributed by atoms with Crippen molar-refractivity contribution in [1.29, 1.82) is 0 Å². The molecule has 2 aromatic rings. The predicted octanol–water partition coefficient (Wildman–Crippen LogP) is -0.604. The highest BCUT2D eigenvalue weighted by atomic mass is 16.4. The maximum Gasteiger partial charge on any atom is 0.326 e. The van der Waals surface area contributed by atoms with Crippen LogP contribution in [0.1, 0.15) is 50.5 Å². The smallest absolute Gasteiger partial charge is 0.326 e. The fourth-order valence-corrected chi connectivity index (χ4v) is 4.76. The van der Waals surface area contributed by atoms with Crippen molar-refractivity contribution in [2.24, 2.45) is 11.5 Å². The summed E-state index contributed by atoms with van der Waals surface area (Å²) >= 11 is 0. The minimum atomic E-state index is -1.30. The Bertz CT molecular complexity index is 1190. The van der Waals surface area contributed by atoms with E-state index in [-0.39, 0.29) is 25.2 Å². The first-order valence-electron chi connectivity index (χ1n) is 13.6. The van der Waals surface area contributed by atoms with E-state index in [9.17, 15) is 29.1 Å². The Labute approximate surface area is 232 Å². The molecule has 13 heteroatoms. The monoisotopic (exact) mass is 557 g/mol. The Hall–Kier alpha value is -3.97. The fraction of sp³-hybridized carbons (Fsp3) is 0.519. The van der Waals surface area contributed by atoms with Crippen LogP contribution in [-0.2, 0) is 30.4 Å². The molecule has 1 aliphatic rings. The van der Waals surface area contributed by atoms with E-state index in [0.717, 1.165) is 17.3 Å². The summed E-state index contributed by atoms with van der Waals surface area (Å²) < 4.78 is 0. The molecule has 0 aliphatic carbocycles. The molecule has 218 valence electrons. The van der Waals surface area contributed by atoms with Crippen molar-refractivity contribution in [3.63, 3.8) is 0 Å². The van der Waals surface area contributed by atoms with Gasteiger partial charge in [-0.25, -0.2) is 4.79 Å². The molecule has 0 bridgehead atoms. The summed E-state index contributed by atoms with van der Waals surface area (Å²) in [6.45, 7) is 1.13. The average molecular weight is 558 g/mol. The summed E-state index contributed by atoms with van der Waals surface area (Å²) in [4.78, 5) is 65.9. The number of hydrogen-bond acceptors (Lipinski definition) is 7. The van der Waals surface area contributed by atoms with Crippen LogP contribution >= 0.6 is 0 Å². The first-order valence-corrected chi connectivity index (χ1v) is 13.6. The van der Waals surface area contributed by atoms with Gasteiger partial charge in [-0.3, -0.25) is 19.2 Å². The van der Waals surface area contributed by atoms with Gasteiger partial charge in [0.2, 0.25) is 23.6 Å². The number of rotatable bonds is 16. The summed E-state index contributed by atoms with van der Waals surface area (Å²) in [6, 6.07) is 3.49. The van der Waals surface area contributed by atoms with Crippen molar-refractivity contribution >= 4 is 40.5 Å². The van der Waals surface area contributed by atoms with Crippen molar-refractivity contribution in [2.45, 2.75) is 75.5 Å². The number of aliphatic carboxylic acids is 1. The molecule has 13 nitrogen and oxygen atoms in total. The van der Waals surface area contributed by atoms with Gasteiger partial charge in [-0.1, -0.05) is 18.2 Å². The average Bonchev–Trinajstić information content (AvgIpc) is 3.60. The van der Waals surface area contributed by atoms with Crippen LogP contribution in [0.25, 0.3) is 10.9 Å². The molecule has 1 aliphatic heterocycles. The summed E-state index contributed by atoms with van der Waals surface area (Å²) in [6.07, 6.45) is 4.33. The number of nitrogens with two attached hydrogens (primary N) is 2. The normalized spacial score (nSPS) is 17.1. The van der Waals surface area contributed by atoms with Crippen LogP contribution in [0, 0.1) is 0 Å². The van der Waals surface area contributed by atoms with Crippen molar-refractivity contribution in [2.75, 3.05) is 13.1 Å². The lowest BCUT2D eigenvalue weighted by Crippen LogP contribution is -2.57. The van der Waals surface area contributed by atoms with E-state index >= 15 is 0 Å². The molecule has 4 amide bonds. The van der Waals surface area contributed by atoms with Crippen molar-refractivity contribution in [3.05, 3.63) is 36.0 Å². The predicted molar refractivity (Wildman–Crippen MR) is 148 cm³/mol. The molecule has 2 heterocycles. The number of fused-ring (bicyclic) bond motifs is 1. The highest BCUT2D eigenvalue weighted by Gasteiger charge is 2.31. The van der Waals surface area contributed by atoms with Crippen LogP contribution in [0.4, 0.5) is 0 Å². The third-order valence-corrected chi connectivity index (χ3v) is 6.98. The lowest BCUT2D eigenvalue weighted by atomic mass is 10.0. The Morgan fingerprint density at radius 2 is 1.68 bits per heavy atom. The van der Waals surface area contributed by atoms with Crippen molar-refractivity contribution in [3.8, 4) is 0 Å². The van der Waals surface area contributed by atoms with E-state index in [1.54, 1.807) is 6.20 Å². The summed E-state index contributed by atoms with van der Waals surface area (Å²) in [5.41, 5.74) is 12.4. The van der Waals surface area contributed by atoms with Gasteiger partial charge in [0.15, 0.2) is 0 Å². The van der Waals surface area contributed by atoms with Crippen molar-refractivity contribution < 1.29 is 29.1 Å². The SMILES string of the molecule is NCCCCC(NC(=O)C1CCCN1)C(=O)NC(CCC(N)=O)C(=O)NC(Cc1c[nH]c2ccccc12)C(=O)O. The Balaban J connectivity index is 1.72. The topological polar surface area (TPSA) is 222 Å². The van der Waals surface area contributed by atoms with E-state index < -0.39 is 47.9 Å².